The maximum Gasteiger partial charge on any atom is 0.287 e. The Balaban J connectivity index is 2.22. The predicted octanol–water partition coefficient (Wildman–Crippen LogP) is 5.16. The van der Waals surface area contributed by atoms with E-state index in [-0.39, 0.29) is 10.7 Å². The lowest BCUT2D eigenvalue weighted by Crippen LogP contribution is -1.88. The van der Waals surface area contributed by atoms with Gasteiger partial charge in [0.05, 0.1) is 4.92 Å². The number of nitro groups is 1. The van der Waals surface area contributed by atoms with Gasteiger partial charge in [-0.15, -0.1) is 0 Å². The number of rotatable bonds is 3. The molecule has 0 aliphatic rings. The van der Waals surface area contributed by atoms with Gasteiger partial charge in [0.25, 0.3) is 5.69 Å². The molecule has 0 aliphatic heterocycles. The molecule has 6 heteroatoms. The highest BCUT2D eigenvalue weighted by Crippen LogP contribution is 2.33. The molecule has 2 aromatic carbocycles. The molecule has 2 rings (SSSR count). The zero-order valence-electron chi connectivity index (χ0n) is 8.97. The smallest absolute Gasteiger partial charge is 0.258 e. The Labute approximate surface area is 121 Å². The molecule has 3 nitrogen and oxygen atoms in total. The molecule has 18 heavy (non-hydrogen) atoms. The van der Waals surface area contributed by atoms with Gasteiger partial charge >= 0.3 is 0 Å². The number of hydrogen-bond acceptors (Lipinski definition) is 3. The summed E-state index contributed by atoms with van der Waals surface area (Å²) in [5.41, 5.74) is -0.0724. The molecule has 0 heterocycles. The molecule has 0 aliphatic carbocycles. The minimum atomic E-state index is -0.490. The topological polar surface area (TPSA) is 43.1 Å². The molecule has 2 aromatic rings. The SMILES string of the molecule is O=[N+]([O-])c1ccc(Sc2ccc(Br)cc2)cc1Cl. The van der Waals surface area contributed by atoms with Crippen LogP contribution in [-0.2, 0) is 0 Å². The molecule has 0 aromatic heterocycles. The molecule has 0 radical (unpaired) electrons. The Morgan fingerprint density at radius 1 is 1.11 bits per heavy atom. The molecule has 0 N–H and O–H groups in total. The van der Waals surface area contributed by atoms with Gasteiger partial charge in [-0.2, -0.15) is 0 Å². The Hall–Kier alpha value is -1.04. The molecular weight excluding hydrogens is 338 g/mol. The van der Waals surface area contributed by atoms with Crippen LogP contribution in [0.2, 0.25) is 5.02 Å². The second kappa shape index (κ2) is 5.73. The maximum absolute atomic E-state index is 10.6. The average Bonchev–Trinajstić information content (AvgIpc) is 2.32. The van der Waals surface area contributed by atoms with E-state index in [9.17, 15) is 10.1 Å². The summed E-state index contributed by atoms with van der Waals surface area (Å²) in [6.07, 6.45) is 0. The number of halogens is 2. The van der Waals surface area contributed by atoms with E-state index in [0.29, 0.717) is 0 Å². The van der Waals surface area contributed by atoms with E-state index < -0.39 is 4.92 Å². The Morgan fingerprint density at radius 3 is 2.28 bits per heavy atom. The zero-order chi connectivity index (χ0) is 13.1. The van der Waals surface area contributed by atoms with Gasteiger partial charge in [-0.05, 0) is 36.4 Å². The summed E-state index contributed by atoms with van der Waals surface area (Å²) < 4.78 is 1.01. The third kappa shape index (κ3) is 3.25. The van der Waals surface area contributed by atoms with Gasteiger partial charge in [0, 0.05) is 20.3 Å². The van der Waals surface area contributed by atoms with Crippen molar-refractivity contribution >= 4 is 45.0 Å². The van der Waals surface area contributed by atoms with E-state index in [1.165, 1.54) is 17.8 Å². The summed E-state index contributed by atoms with van der Waals surface area (Å²) in [4.78, 5) is 12.1. The number of nitrogens with zero attached hydrogens (tertiary/aromatic N) is 1. The first-order valence-corrected chi connectivity index (χ1v) is 6.92. The van der Waals surface area contributed by atoms with E-state index >= 15 is 0 Å². The summed E-state index contributed by atoms with van der Waals surface area (Å²) >= 11 is 10.7. The van der Waals surface area contributed by atoms with Crippen molar-refractivity contribution < 1.29 is 4.92 Å². The van der Waals surface area contributed by atoms with Crippen LogP contribution in [0.15, 0.2) is 56.7 Å². The van der Waals surface area contributed by atoms with Gasteiger partial charge < -0.3 is 0 Å². The normalized spacial score (nSPS) is 10.3. The Bertz CT molecular complexity index is 589. The lowest BCUT2D eigenvalue weighted by Gasteiger charge is -2.03. The van der Waals surface area contributed by atoms with Crippen LogP contribution in [-0.4, -0.2) is 4.92 Å². The van der Waals surface area contributed by atoms with Crippen molar-refractivity contribution in [2.45, 2.75) is 9.79 Å². The van der Waals surface area contributed by atoms with E-state index in [1.54, 1.807) is 12.1 Å². The largest absolute Gasteiger partial charge is 0.287 e. The van der Waals surface area contributed by atoms with Gasteiger partial charge in [-0.1, -0.05) is 39.3 Å². The van der Waals surface area contributed by atoms with Crippen LogP contribution in [0, 0.1) is 10.1 Å². The first kappa shape index (κ1) is 13.4. The Kier molecular flexibility index (Phi) is 4.27. The number of nitro benzene ring substituents is 1. The van der Waals surface area contributed by atoms with Crippen LogP contribution in [0.4, 0.5) is 5.69 Å². The quantitative estimate of drug-likeness (QED) is 0.570. The number of benzene rings is 2. The van der Waals surface area contributed by atoms with Gasteiger partial charge in [0.2, 0.25) is 0 Å². The molecule has 0 atom stereocenters. The second-order valence-corrected chi connectivity index (χ2v) is 5.90. The molecule has 0 fully saturated rings. The summed E-state index contributed by atoms with van der Waals surface area (Å²) in [6, 6.07) is 12.5. The zero-order valence-corrected chi connectivity index (χ0v) is 12.1. The summed E-state index contributed by atoms with van der Waals surface area (Å²) in [5, 5.41) is 10.8. The van der Waals surface area contributed by atoms with Crippen molar-refractivity contribution in [3.05, 3.63) is 62.1 Å². The summed E-state index contributed by atoms with van der Waals surface area (Å²) in [5.74, 6) is 0. The van der Waals surface area contributed by atoms with Crippen LogP contribution in [0.3, 0.4) is 0 Å². The highest BCUT2D eigenvalue weighted by Gasteiger charge is 2.12. The lowest BCUT2D eigenvalue weighted by atomic mass is 10.3. The molecule has 92 valence electrons. The molecule has 0 spiro atoms. The second-order valence-electron chi connectivity index (χ2n) is 3.43. The van der Waals surface area contributed by atoms with E-state index in [4.69, 9.17) is 11.6 Å². The fraction of sp³-hybridized carbons (Fsp3) is 0. The highest BCUT2D eigenvalue weighted by atomic mass is 79.9. The van der Waals surface area contributed by atoms with Crippen LogP contribution >= 0.6 is 39.3 Å². The maximum atomic E-state index is 10.6. The van der Waals surface area contributed by atoms with Crippen LogP contribution in [0.25, 0.3) is 0 Å². The van der Waals surface area contributed by atoms with E-state index in [2.05, 4.69) is 15.9 Å². The van der Waals surface area contributed by atoms with Crippen LogP contribution < -0.4 is 0 Å². The third-order valence-corrected chi connectivity index (χ3v) is 3.99. The molecule has 0 amide bonds. The molecular formula is C12H7BrClNO2S. The van der Waals surface area contributed by atoms with E-state index in [0.717, 1.165) is 14.3 Å². The molecule has 0 saturated heterocycles. The third-order valence-electron chi connectivity index (χ3n) is 2.17. The molecule has 0 unspecified atom stereocenters. The number of hydrogen-bond donors (Lipinski definition) is 0. The first-order chi connectivity index (χ1) is 8.56. The molecule has 0 saturated carbocycles. The first-order valence-electron chi connectivity index (χ1n) is 4.93. The van der Waals surface area contributed by atoms with Crippen molar-refractivity contribution in [1.29, 1.82) is 0 Å². The molecule has 0 bridgehead atoms. The van der Waals surface area contributed by atoms with Gasteiger partial charge in [0.1, 0.15) is 5.02 Å². The van der Waals surface area contributed by atoms with Crippen LogP contribution in [0.1, 0.15) is 0 Å². The average molecular weight is 345 g/mol. The van der Waals surface area contributed by atoms with Crippen molar-refractivity contribution in [1.82, 2.24) is 0 Å². The summed E-state index contributed by atoms with van der Waals surface area (Å²) in [7, 11) is 0. The monoisotopic (exact) mass is 343 g/mol. The van der Waals surface area contributed by atoms with E-state index in [1.807, 2.05) is 24.3 Å². The predicted molar refractivity (Wildman–Crippen MR) is 76.4 cm³/mol. The van der Waals surface area contributed by atoms with Crippen molar-refractivity contribution in [3.63, 3.8) is 0 Å². The fourth-order valence-corrected chi connectivity index (χ4v) is 2.77. The Morgan fingerprint density at radius 2 is 1.72 bits per heavy atom. The lowest BCUT2D eigenvalue weighted by molar-refractivity contribution is -0.384. The van der Waals surface area contributed by atoms with Crippen molar-refractivity contribution in [3.8, 4) is 0 Å². The van der Waals surface area contributed by atoms with Gasteiger partial charge in [-0.3, -0.25) is 10.1 Å². The fourth-order valence-electron chi connectivity index (χ4n) is 1.34. The van der Waals surface area contributed by atoms with Gasteiger partial charge in [0.15, 0.2) is 0 Å². The summed E-state index contributed by atoms with van der Waals surface area (Å²) in [6.45, 7) is 0. The standard InChI is InChI=1S/C12H7BrClNO2S/c13-8-1-3-9(4-2-8)18-10-5-6-12(15(16)17)11(14)7-10/h1-7H. The van der Waals surface area contributed by atoms with Gasteiger partial charge in [-0.25, -0.2) is 0 Å². The minimum absolute atomic E-state index is 0.0724. The van der Waals surface area contributed by atoms with Crippen molar-refractivity contribution in [2.75, 3.05) is 0 Å². The highest BCUT2D eigenvalue weighted by molar-refractivity contribution is 9.10. The van der Waals surface area contributed by atoms with Crippen molar-refractivity contribution in [2.24, 2.45) is 0 Å². The van der Waals surface area contributed by atoms with Crippen LogP contribution in [0.5, 0.6) is 0 Å². The minimum Gasteiger partial charge on any atom is -0.258 e.